The number of aliphatic hydroxyl groups is 1. The Hall–Kier alpha value is -0.0951. The van der Waals surface area contributed by atoms with Gasteiger partial charge in [-0.25, -0.2) is 0 Å². The molecule has 0 spiro atoms. The van der Waals surface area contributed by atoms with Crippen LogP contribution in [0.2, 0.25) is 0 Å². The van der Waals surface area contributed by atoms with Crippen molar-refractivity contribution in [3.05, 3.63) is 0 Å². The summed E-state index contributed by atoms with van der Waals surface area (Å²) in [7, 11) is 5.35. The van der Waals surface area contributed by atoms with Gasteiger partial charge in [-0.15, -0.1) is 0 Å². The van der Waals surface area contributed by atoms with Crippen LogP contribution in [0.4, 0.5) is 0 Å². The number of rotatable bonds is 5. The maximum atomic E-state index is 8.88. The van der Waals surface area contributed by atoms with E-state index in [0.717, 1.165) is 6.42 Å². The quantitative estimate of drug-likeness (QED) is 0.590. The molecule has 1 heterocycles. The molecule has 0 aromatic rings. The van der Waals surface area contributed by atoms with Crippen LogP contribution in [-0.4, -0.2) is 58.1 Å². The van der Waals surface area contributed by atoms with Crippen LogP contribution in [0, 0.1) is 0 Å². The zero-order chi connectivity index (χ0) is 10.6. The molecule has 82 valence electrons. The first-order valence-electron chi connectivity index (χ1n) is 5.04. The van der Waals surface area contributed by atoms with E-state index in [4.69, 9.17) is 19.3 Å². The minimum absolute atomic E-state index is 0.0489. The fraction of sp³-hybridized carbons (Fsp3) is 1.00. The van der Waals surface area contributed by atoms with E-state index in [1.54, 1.807) is 14.2 Å². The molecule has 1 saturated heterocycles. The summed E-state index contributed by atoms with van der Waals surface area (Å²) in [5.74, 6) is 0. The van der Waals surface area contributed by atoms with Crippen molar-refractivity contribution in [3.8, 4) is 0 Å². The summed E-state index contributed by atoms with van der Waals surface area (Å²) in [5, 5.41) is 8.88. The molecule has 5 heteroatoms. The van der Waals surface area contributed by atoms with Crippen LogP contribution in [0.3, 0.4) is 0 Å². The third-order valence-electron chi connectivity index (χ3n) is 2.71. The Labute approximate surface area is 85.9 Å². The first kappa shape index (κ1) is 12.0. The highest BCUT2D eigenvalue weighted by Gasteiger charge is 2.38. The molecule has 14 heavy (non-hydrogen) atoms. The lowest BCUT2D eigenvalue weighted by Crippen LogP contribution is -2.37. The zero-order valence-electron chi connectivity index (χ0n) is 9.10. The third-order valence-corrected chi connectivity index (χ3v) is 2.71. The van der Waals surface area contributed by atoms with Gasteiger partial charge in [0.2, 0.25) is 0 Å². The van der Waals surface area contributed by atoms with E-state index in [1.807, 2.05) is 7.85 Å². The van der Waals surface area contributed by atoms with Crippen molar-refractivity contribution in [2.75, 3.05) is 20.8 Å². The van der Waals surface area contributed by atoms with Crippen LogP contribution in [0.1, 0.15) is 12.8 Å². The van der Waals surface area contributed by atoms with Gasteiger partial charge >= 0.3 is 0 Å². The van der Waals surface area contributed by atoms with Crippen molar-refractivity contribution >= 4 is 7.85 Å². The van der Waals surface area contributed by atoms with Crippen LogP contribution in [0.25, 0.3) is 0 Å². The average Bonchev–Trinajstić information content (AvgIpc) is 2.55. The minimum Gasteiger partial charge on any atom is -0.396 e. The van der Waals surface area contributed by atoms with Crippen LogP contribution in [-0.2, 0) is 14.2 Å². The number of ether oxygens (including phenoxy) is 3. The standard InChI is InChI=1S/C9H19BO4/c1-12-6(3-4-11)9-7(13-2)5-8(10)14-9/h6-9,11H,3-5,10H2,1-2H3/t6-,7-,8+,9+/m0/s1. The molecule has 0 radical (unpaired) electrons. The molecule has 1 aliphatic heterocycles. The Morgan fingerprint density at radius 2 is 2.29 bits per heavy atom. The third kappa shape index (κ3) is 2.70. The summed E-state index contributed by atoms with van der Waals surface area (Å²) in [6.07, 6.45) is 1.45. The Bertz CT molecular complexity index is 167. The number of hydrogen-bond donors (Lipinski definition) is 1. The average molecular weight is 202 g/mol. The van der Waals surface area contributed by atoms with Crippen molar-refractivity contribution in [1.29, 1.82) is 0 Å². The second kappa shape index (κ2) is 5.71. The molecule has 0 unspecified atom stereocenters. The molecule has 0 aromatic heterocycles. The molecule has 0 amide bonds. The van der Waals surface area contributed by atoms with Gasteiger partial charge in [-0.2, -0.15) is 0 Å². The second-order valence-corrected chi connectivity index (χ2v) is 3.71. The lowest BCUT2D eigenvalue weighted by Gasteiger charge is -2.25. The van der Waals surface area contributed by atoms with Gasteiger partial charge in [0.1, 0.15) is 14.0 Å². The summed E-state index contributed by atoms with van der Waals surface area (Å²) >= 11 is 0. The Balaban J connectivity index is 2.54. The summed E-state index contributed by atoms with van der Waals surface area (Å²) in [6, 6.07) is 0.210. The van der Waals surface area contributed by atoms with Crippen LogP contribution < -0.4 is 0 Å². The first-order chi connectivity index (χ1) is 6.72. The van der Waals surface area contributed by atoms with Crippen LogP contribution >= 0.6 is 0 Å². The van der Waals surface area contributed by atoms with E-state index < -0.39 is 0 Å². The maximum Gasteiger partial charge on any atom is 0.139 e. The summed E-state index contributed by atoms with van der Waals surface area (Å²) in [6.45, 7) is 0.114. The van der Waals surface area contributed by atoms with Gasteiger partial charge in [-0.1, -0.05) is 0 Å². The Kier molecular flexibility index (Phi) is 4.88. The normalized spacial score (nSPS) is 34.6. The van der Waals surface area contributed by atoms with Gasteiger partial charge < -0.3 is 19.3 Å². The van der Waals surface area contributed by atoms with E-state index in [-0.39, 0.29) is 30.9 Å². The number of methoxy groups -OCH3 is 2. The SMILES string of the molecule is B[C@H]1C[C@H](OC)[C@@H]([C@H](CCO)OC)O1. The molecule has 4 nitrogen and oxygen atoms in total. The molecule has 1 rings (SSSR count). The van der Waals surface area contributed by atoms with Crippen LogP contribution in [0.15, 0.2) is 0 Å². The number of aliphatic hydroxyl groups excluding tert-OH is 1. The van der Waals surface area contributed by atoms with Gasteiger partial charge in [0, 0.05) is 26.8 Å². The van der Waals surface area contributed by atoms with Crippen molar-refractivity contribution < 1.29 is 19.3 Å². The summed E-state index contributed by atoms with van der Waals surface area (Å²) in [4.78, 5) is 0. The molecule has 1 N–H and O–H groups in total. The molecule has 1 aliphatic rings. The molecule has 0 aromatic carbocycles. The van der Waals surface area contributed by atoms with Crippen LogP contribution in [0.5, 0.6) is 0 Å². The molecule has 4 atom stereocenters. The predicted molar refractivity (Wildman–Crippen MR) is 55.1 cm³/mol. The fourth-order valence-corrected chi connectivity index (χ4v) is 1.97. The van der Waals surface area contributed by atoms with Crippen molar-refractivity contribution in [2.45, 2.75) is 37.2 Å². The highest BCUT2D eigenvalue weighted by molar-refractivity contribution is 6.11. The van der Waals surface area contributed by atoms with Gasteiger partial charge in [-0.3, -0.25) is 0 Å². The molecular weight excluding hydrogens is 183 g/mol. The number of hydrogen-bond acceptors (Lipinski definition) is 4. The molecule has 1 fully saturated rings. The van der Waals surface area contributed by atoms with E-state index in [0.29, 0.717) is 6.42 Å². The van der Waals surface area contributed by atoms with E-state index >= 15 is 0 Å². The topological polar surface area (TPSA) is 47.9 Å². The smallest absolute Gasteiger partial charge is 0.139 e. The first-order valence-corrected chi connectivity index (χ1v) is 5.04. The lowest BCUT2D eigenvalue weighted by molar-refractivity contribution is -0.0845. The van der Waals surface area contributed by atoms with Gasteiger partial charge in [0.15, 0.2) is 0 Å². The minimum atomic E-state index is -0.0742. The van der Waals surface area contributed by atoms with Crippen molar-refractivity contribution in [2.24, 2.45) is 0 Å². The van der Waals surface area contributed by atoms with E-state index in [2.05, 4.69) is 0 Å². The molecule has 0 aliphatic carbocycles. The zero-order valence-corrected chi connectivity index (χ0v) is 9.10. The molecular formula is C9H19BO4. The van der Waals surface area contributed by atoms with Gasteiger partial charge in [0.05, 0.1) is 12.2 Å². The van der Waals surface area contributed by atoms with Crippen molar-refractivity contribution in [1.82, 2.24) is 0 Å². The van der Waals surface area contributed by atoms with Crippen molar-refractivity contribution in [3.63, 3.8) is 0 Å². The molecule has 0 saturated carbocycles. The fourth-order valence-electron chi connectivity index (χ4n) is 1.97. The summed E-state index contributed by atoms with van der Waals surface area (Å²) < 4.78 is 16.3. The largest absolute Gasteiger partial charge is 0.396 e. The highest BCUT2D eigenvalue weighted by atomic mass is 16.6. The van der Waals surface area contributed by atoms with E-state index in [9.17, 15) is 0 Å². The van der Waals surface area contributed by atoms with E-state index in [1.165, 1.54) is 0 Å². The van der Waals surface area contributed by atoms with Gasteiger partial charge in [0.25, 0.3) is 0 Å². The highest BCUT2D eigenvalue weighted by Crippen LogP contribution is 2.26. The monoisotopic (exact) mass is 202 g/mol. The Morgan fingerprint density at radius 3 is 2.79 bits per heavy atom. The van der Waals surface area contributed by atoms with Gasteiger partial charge in [-0.05, 0) is 12.8 Å². The molecule has 0 bridgehead atoms. The maximum absolute atomic E-state index is 8.88. The predicted octanol–water partition coefficient (Wildman–Crippen LogP) is -0.853. The lowest BCUT2D eigenvalue weighted by atomic mass is 9.95. The second-order valence-electron chi connectivity index (χ2n) is 3.71. The summed E-state index contributed by atoms with van der Waals surface area (Å²) in [5.41, 5.74) is 0. The Morgan fingerprint density at radius 1 is 1.57 bits per heavy atom.